The van der Waals surface area contributed by atoms with E-state index in [1.165, 1.54) is 0 Å². The molecule has 162 valence electrons. The van der Waals surface area contributed by atoms with Crippen LogP contribution in [-0.2, 0) is 17.8 Å². The van der Waals surface area contributed by atoms with Gasteiger partial charge in [-0.25, -0.2) is 0 Å². The molecule has 1 aromatic heterocycles. The lowest BCUT2D eigenvalue weighted by atomic mass is 10.1. The number of H-pyrrole nitrogens is 1. The van der Waals surface area contributed by atoms with E-state index in [1.807, 2.05) is 31.2 Å². The highest BCUT2D eigenvalue weighted by Gasteiger charge is 2.28. The molecule has 1 saturated heterocycles. The lowest BCUT2D eigenvalue weighted by molar-refractivity contribution is -0.125. The van der Waals surface area contributed by atoms with Gasteiger partial charge in [-0.05, 0) is 50.4 Å². The summed E-state index contributed by atoms with van der Waals surface area (Å²) in [6, 6.07) is 9.71. The largest absolute Gasteiger partial charge is 0.477 e. The van der Waals surface area contributed by atoms with Gasteiger partial charge in [-0.1, -0.05) is 31.2 Å². The molecule has 8 heteroatoms. The van der Waals surface area contributed by atoms with Crippen molar-refractivity contribution in [2.24, 2.45) is 0 Å². The van der Waals surface area contributed by atoms with Crippen LogP contribution in [0, 0.1) is 0 Å². The van der Waals surface area contributed by atoms with E-state index in [2.05, 4.69) is 32.7 Å². The maximum atomic E-state index is 12.4. The maximum Gasteiger partial charge on any atom is 0.269 e. The molecule has 1 atom stereocenters. The van der Waals surface area contributed by atoms with Crippen LogP contribution >= 0.6 is 0 Å². The fourth-order valence-electron chi connectivity index (χ4n) is 3.69. The zero-order valence-electron chi connectivity index (χ0n) is 17.7. The molecular weight excluding hydrogens is 382 g/mol. The van der Waals surface area contributed by atoms with Crippen molar-refractivity contribution in [3.8, 4) is 5.88 Å². The quantitative estimate of drug-likeness (QED) is 0.552. The van der Waals surface area contributed by atoms with E-state index in [9.17, 15) is 9.59 Å². The molecule has 1 fully saturated rings. The first-order valence-corrected chi connectivity index (χ1v) is 10.7. The van der Waals surface area contributed by atoms with Gasteiger partial charge in [0.1, 0.15) is 5.69 Å². The smallest absolute Gasteiger partial charge is 0.269 e. The van der Waals surface area contributed by atoms with Gasteiger partial charge in [-0.2, -0.15) is 0 Å². The Labute approximate surface area is 177 Å². The first kappa shape index (κ1) is 21.8. The summed E-state index contributed by atoms with van der Waals surface area (Å²) >= 11 is 0. The highest BCUT2D eigenvalue weighted by atomic mass is 16.5. The van der Waals surface area contributed by atoms with Gasteiger partial charge in [0.25, 0.3) is 5.91 Å². The van der Waals surface area contributed by atoms with Gasteiger partial charge in [0.2, 0.25) is 11.8 Å². The van der Waals surface area contributed by atoms with Crippen LogP contribution in [0.3, 0.4) is 0 Å². The van der Waals surface area contributed by atoms with E-state index >= 15 is 0 Å². The Balaban J connectivity index is 1.40. The average molecular weight is 414 g/mol. The van der Waals surface area contributed by atoms with Gasteiger partial charge >= 0.3 is 0 Å². The summed E-state index contributed by atoms with van der Waals surface area (Å²) in [5.74, 6) is 0.328. The number of hydrogen-bond donors (Lipinski definition) is 3. The molecule has 0 saturated carbocycles. The third-order valence-electron chi connectivity index (χ3n) is 5.35. The summed E-state index contributed by atoms with van der Waals surface area (Å²) in [6.45, 7) is 7.44. The SMILES string of the molecule is CCOc1cc(C(=O)NCCc2ccc(CNC(=O)C3CCCN3CC)cc2)[nH]n1. The fraction of sp³-hybridized carbons (Fsp3) is 0.500. The Morgan fingerprint density at radius 1 is 1.20 bits per heavy atom. The number of nitrogens with one attached hydrogen (secondary N) is 3. The average Bonchev–Trinajstić information content (AvgIpc) is 3.42. The number of likely N-dealkylation sites (tertiary alicyclic amines) is 1. The topological polar surface area (TPSA) is 99.4 Å². The van der Waals surface area contributed by atoms with Crippen molar-refractivity contribution in [2.75, 3.05) is 26.2 Å². The molecule has 1 unspecified atom stereocenters. The molecule has 2 aromatic rings. The first-order valence-electron chi connectivity index (χ1n) is 10.7. The molecule has 1 aliphatic heterocycles. The lowest BCUT2D eigenvalue weighted by Gasteiger charge is -2.21. The van der Waals surface area contributed by atoms with Gasteiger partial charge in [0, 0.05) is 19.2 Å². The number of ether oxygens (including phenoxy) is 1. The number of amides is 2. The van der Waals surface area contributed by atoms with E-state index in [-0.39, 0.29) is 17.9 Å². The number of rotatable bonds is 10. The van der Waals surface area contributed by atoms with Gasteiger partial charge in [-0.3, -0.25) is 19.6 Å². The normalized spacial score (nSPS) is 16.4. The summed E-state index contributed by atoms with van der Waals surface area (Å²) in [5.41, 5.74) is 2.57. The third-order valence-corrected chi connectivity index (χ3v) is 5.35. The van der Waals surface area contributed by atoms with Gasteiger partial charge < -0.3 is 15.4 Å². The van der Waals surface area contributed by atoms with Crippen molar-refractivity contribution in [2.45, 2.75) is 45.7 Å². The van der Waals surface area contributed by atoms with E-state index in [0.717, 1.165) is 43.5 Å². The molecule has 30 heavy (non-hydrogen) atoms. The summed E-state index contributed by atoms with van der Waals surface area (Å²) in [6.07, 6.45) is 2.75. The van der Waals surface area contributed by atoms with Gasteiger partial charge in [0.15, 0.2) is 0 Å². The minimum atomic E-state index is -0.208. The Kier molecular flexibility index (Phi) is 7.84. The minimum absolute atomic E-state index is 0.0115. The molecule has 1 aromatic carbocycles. The van der Waals surface area contributed by atoms with Crippen LogP contribution in [0.15, 0.2) is 30.3 Å². The summed E-state index contributed by atoms with van der Waals surface area (Å²) < 4.78 is 5.25. The summed E-state index contributed by atoms with van der Waals surface area (Å²) in [7, 11) is 0. The minimum Gasteiger partial charge on any atom is -0.477 e. The van der Waals surface area contributed by atoms with Crippen LogP contribution < -0.4 is 15.4 Å². The molecule has 3 rings (SSSR count). The highest BCUT2D eigenvalue weighted by molar-refractivity contribution is 5.92. The lowest BCUT2D eigenvalue weighted by Crippen LogP contribution is -2.42. The Bertz CT molecular complexity index is 834. The van der Waals surface area contributed by atoms with Crippen LogP contribution in [0.1, 0.15) is 48.3 Å². The molecule has 3 N–H and O–H groups in total. The fourth-order valence-corrected chi connectivity index (χ4v) is 3.69. The Morgan fingerprint density at radius 3 is 2.70 bits per heavy atom. The number of aromatic nitrogens is 2. The van der Waals surface area contributed by atoms with Crippen LogP contribution in [0.25, 0.3) is 0 Å². The second kappa shape index (κ2) is 10.8. The number of likely N-dealkylation sites (N-methyl/N-ethyl adjacent to an activating group) is 1. The molecule has 1 aliphatic rings. The van der Waals surface area contributed by atoms with Crippen molar-refractivity contribution in [3.05, 3.63) is 47.2 Å². The molecule has 8 nitrogen and oxygen atoms in total. The van der Waals surface area contributed by atoms with Crippen LogP contribution in [-0.4, -0.2) is 59.2 Å². The number of hydrogen-bond acceptors (Lipinski definition) is 5. The Hall–Kier alpha value is -2.87. The second-order valence-corrected chi connectivity index (χ2v) is 7.38. The maximum absolute atomic E-state index is 12.4. The number of carbonyl (C=O) groups excluding carboxylic acids is 2. The monoisotopic (exact) mass is 413 g/mol. The number of carbonyl (C=O) groups is 2. The molecule has 2 heterocycles. The standard InChI is InChI=1S/C22H31N5O3/c1-3-27-13-5-6-19(27)22(29)24-15-17-9-7-16(8-10-17)11-12-23-21(28)18-14-20(26-25-18)30-4-2/h7-10,14,19H,3-6,11-13,15H2,1-2H3,(H,23,28)(H,24,29)(H,25,26). The predicted molar refractivity (Wildman–Crippen MR) is 114 cm³/mol. The molecule has 0 radical (unpaired) electrons. The summed E-state index contributed by atoms with van der Waals surface area (Å²) in [4.78, 5) is 26.8. The van der Waals surface area contributed by atoms with Crippen LogP contribution in [0.2, 0.25) is 0 Å². The molecule has 2 amide bonds. The van der Waals surface area contributed by atoms with E-state index in [1.54, 1.807) is 6.07 Å². The number of aromatic amines is 1. The summed E-state index contributed by atoms with van der Waals surface area (Å²) in [5, 5.41) is 12.5. The zero-order valence-corrected chi connectivity index (χ0v) is 17.7. The molecule has 0 aliphatic carbocycles. The first-order chi connectivity index (χ1) is 14.6. The third kappa shape index (κ3) is 5.82. The van der Waals surface area contributed by atoms with Gasteiger partial charge in [-0.15, -0.1) is 5.10 Å². The van der Waals surface area contributed by atoms with Crippen molar-refractivity contribution in [1.29, 1.82) is 0 Å². The highest BCUT2D eigenvalue weighted by Crippen LogP contribution is 2.16. The van der Waals surface area contributed by atoms with Crippen molar-refractivity contribution in [1.82, 2.24) is 25.7 Å². The van der Waals surface area contributed by atoms with Crippen molar-refractivity contribution < 1.29 is 14.3 Å². The van der Waals surface area contributed by atoms with Crippen LogP contribution in [0.5, 0.6) is 5.88 Å². The Morgan fingerprint density at radius 2 is 1.97 bits per heavy atom. The van der Waals surface area contributed by atoms with E-state index in [0.29, 0.717) is 31.3 Å². The molecule has 0 bridgehead atoms. The van der Waals surface area contributed by atoms with Crippen molar-refractivity contribution in [3.63, 3.8) is 0 Å². The van der Waals surface area contributed by atoms with Crippen LogP contribution in [0.4, 0.5) is 0 Å². The zero-order chi connectivity index (χ0) is 21.3. The van der Waals surface area contributed by atoms with Gasteiger partial charge in [0.05, 0.1) is 12.6 Å². The number of nitrogens with zero attached hydrogens (tertiary/aromatic N) is 2. The molecule has 0 spiro atoms. The second-order valence-electron chi connectivity index (χ2n) is 7.38. The van der Waals surface area contributed by atoms with E-state index in [4.69, 9.17) is 4.74 Å². The van der Waals surface area contributed by atoms with E-state index < -0.39 is 0 Å². The number of benzene rings is 1. The predicted octanol–water partition coefficient (Wildman–Crippen LogP) is 1.88. The molecular formula is C22H31N5O3. The van der Waals surface area contributed by atoms with Crippen molar-refractivity contribution >= 4 is 11.8 Å².